The summed E-state index contributed by atoms with van der Waals surface area (Å²) in [7, 11) is 2.59. The number of halogens is 2. The normalized spacial score (nSPS) is 12.4. The molecule has 0 radical (unpaired) electrons. The number of likely N-dealkylation sites (N-methyl/N-ethyl adjacent to an activating group) is 4. The van der Waals surface area contributed by atoms with Crippen LogP contribution < -0.4 is 9.47 Å². The van der Waals surface area contributed by atoms with Gasteiger partial charge in [0.15, 0.2) is 0 Å². The predicted octanol–water partition coefficient (Wildman–Crippen LogP) is 2.09. The van der Waals surface area contributed by atoms with Gasteiger partial charge >= 0.3 is 11.9 Å². The monoisotopic (exact) mass is 726 g/mol. The second kappa shape index (κ2) is 14.3. The number of benzene rings is 2. The van der Waals surface area contributed by atoms with Crippen LogP contribution in [0.25, 0.3) is 0 Å². The number of carbonyl (C=O) groups is 2. The van der Waals surface area contributed by atoms with Crippen LogP contribution in [0.3, 0.4) is 0 Å². The molecule has 2 rings (SSSR count). The number of nitrogens with zero attached hydrogens (tertiary/aromatic N) is 4. The molecule has 0 amide bonds. The largest absolute Gasteiger partial charge is 0.423 e. The third kappa shape index (κ3) is 9.04. The fourth-order valence-electron chi connectivity index (χ4n) is 3.06. The van der Waals surface area contributed by atoms with E-state index in [0.717, 1.165) is 0 Å². The van der Waals surface area contributed by atoms with Gasteiger partial charge in [0.1, 0.15) is 11.5 Å². The number of hydrogen-bond donors (Lipinski definition) is 0. The van der Waals surface area contributed by atoms with Crippen molar-refractivity contribution >= 4 is 63.8 Å². The molecular formula is C24H32Br2N4O8S2. The van der Waals surface area contributed by atoms with E-state index in [0.29, 0.717) is 13.1 Å². The highest BCUT2D eigenvalue weighted by atomic mass is 79.9. The summed E-state index contributed by atoms with van der Waals surface area (Å²) in [4.78, 5) is 28.3. The standard InChI is InChI=1S/C24H32Br2N4O8S2/c1-27(2)11-13-29(5)39(33,34)21-9-7-17(15-19(21)25)37-23(31)24(32)38-18-8-10-22(20(26)16-18)40(35,36)30(6)14-12-28(3)4/h7-10,15-16H,11-14H2,1-6H3. The van der Waals surface area contributed by atoms with E-state index in [1.54, 1.807) is 0 Å². The molecule has 0 heterocycles. The van der Waals surface area contributed by atoms with Crippen molar-refractivity contribution in [3.05, 3.63) is 45.3 Å². The average molecular weight is 728 g/mol. The van der Waals surface area contributed by atoms with Crippen molar-refractivity contribution < 1.29 is 35.9 Å². The molecule has 2 aromatic rings. The predicted molar refractivity (Wildman–Crippen MR) is 156 cm³/mol. The Bertz CT molecular complexity index is 1340. The molecule has 2 aromatic carbocycles. The SMILES string of the molecule is CN(C)CCN(C)S(=O)(=O)c1ccc(OC(=O)C(=O)Oc2ccc(S(=O)(=O)N(C)CCN(C)C)c(Br)c2)cc1Br. The Morgan fingerprint density at radius 3 is 1.23 bits per heavy atom. The number of ether oxygens (including phenoxy) is 2. The van der Waals surface area contributed by atoms with Gasteiger partial charge in [-0.15, -0.1) is 0 Å². The second-order valence-corrected chi connectivity index (χ2v) is 15.0. The highest BCUT2D eigenvalue weighted by molar-refractivity contribution is 9.10. The molecule has 0 aliphatic rings. The van der Waals surface area contributed by atoms with Gasteiger partial charge in [0.05, 0.1) is 9.79 Å². The summed E-state index contributed by atoms with van der Waals surface area (Å²) in [6.45, 7) is 1.57. The van der Waals surface area contributed by atoms with E-state index in [2.05, 4.69) is 31.9 Å². The summed E-state index contributed by atoms with van der Waals surface area (Å²) in [5.74, 6) is -2.90. The maximum Gasteiger partial charge on any atom is 0.423 e. The zero-order valence-electron chi connectivity index (χ0n) is 22.9. The zero-order valence-corrected chi connectivity index (χ0v) is 27.7. The van der Waals surface area contributed by atoms with Crippen LogP contribution in [0, 0.1) is 0 Å². The summed E-state index contributed by atoms with van der Waals surface area (Å²) in [6, 6.07) is 7.50. The Hall–Kier alpha value is -1.92. The molecule has 16 heteroatoms. The van der Waals surface area contributed by atoms with Crippen molar-refractivity contribution in [1.82, 2.24) is 18.4 Å². The van der Waals surface area contributed by atoms with Gasteiger partial charge < -0.3 is 19.3 Å². The van der Waals surface area contributed by atoms with Gasteiger partial charge in [0.25, 0.3) is 0 Å². The number of hydrogen-bond acceptors (Lipinski definition) is 10. The van der Waals surface area contributed by atoms with Crippen LogP contribution in [0.5, 0.6) is 11.5 Å². The molecule has 40 heavy (non-hydrogen) atoms. The first kappa shape index (κ1) is 34.3. The van der Waals surface area contributed by atoms with E-state index < -0.39 is 32.0 Å². The van der Waals surface area contributed by atoms with Crippen LogP contribution in [-0.4, -0.2) is 116 Å². The third-order valence-corrected chi connectivity index (χ3v) is 11.2. The Balaban J connectivity index is 2.10. The molecule has 0 bridgehead atoms. The van der Waals surface area contributed by atoms with Crippen LogP contribution in [0.15, 0.2) is 55.1 Å². The summed E-state index contributed by atoms with van der Waals surface area (Å²) in [5, 5.41) is 0. The molecule has 0 saturated heterocycles. The molecule has 0 fully saturated rings. The number of esters is 2. The van der Waals surface area contributed by atoms with E-state index in [1.807, 2.05) is 38.0 Å². The minimum atomic E-state index is -3.82. The van der Waals surface area contributed by atoms with Gasteiger partial charge in [-0.1, -0.05) is 0 Å². The fraction of sp³-hybridized carbons (Fsp3) is 0.417. The lowest BCUT2D eigenvalue weighted by Gasteiger charge is -2.20. The number of rotatable bonds is 12. The first-order valence-electron chi connectivity index (χ1n) is 11.7. The van der Waals surface area contributed by atoms with Crippen LogP contribution in [0.2, 0.25) is 0 Å². The Labute approximate surface area is 252 Å². The molecule has 0 aliphatic carbocycles. The summed E-state index contributed by atoms with van der Waals surface area (Å²) >= 11 is 6.37. The average Bonchev–Trinajstić information content (AvgIpc) is 2.85. The van der Waals surface area contributed by atoms with E-state index in [9.17, 15) is 26.4 Å². The molecule has 222 valence electrons. The molecule has 0 N–H and O–H groups in total. The quantitative estimate of drug-likeness (QED) is 0.182. The highest BCUT2D eigenvalue weighted by Crippen LogP contribution is 2.30. The van der Waals surface area contributed by atoms with E-state index in [4.69, 9.17) is 9.47 Å². The molecule has 0 atom stereocenters. The third-order valence-electron chi connectivity index (χ3n) is 5.50. The lowest BCUT2D eigenvalue weighted by Crippen LogP contribution is -2.33. The van der Waals surface area contributed by atoms with E-state index in [1.165, 1.54) is 59.1 Å². The first-order chi connectivity index (χ1) is 18.5. The van der Waals surface area contributed by atoms with Crippen LogP contribution in [0.1, 0.15) is 0 Å². The van der Waals surface area contributed by atoms with Crippen LogP contribution >= 0.6 is 31.9 Å². The van der Waals surface area contributed by atoms with Crippen LogP contribution in [-0.2, 0) is 29.6 Å². The van der Waals surface area contributed by atoms with Gasteiger partial charge in [0, 0.05) is 49.2 Å². The van der Waals surface area contributed by atoms with Crippen molar-refractivity contribution in [2.24, 2.45) is 0 Å². The lowest BCUT2D eigenvalue weighted by atomic mass is 10.3. The van der Waals surface area contributed by atoms with Crippen LogP contribution in [0.4, 0.5) is 0 Å². The zero-order chi connectivity index (χ0) is 30.4. The smallest absolute Gasteiger partial charge is 0.418 e. The van der Waals surface area contributed by atoms with Crippen molar-refractivity contribution in [1.29, 1.82) is 0 Å². The molecule has 0 saturated carbocycles. The minimum Gasteiger partial charge on any atom is -0.418 e. The van der Waals surface area contributed by atoms with Crippen molar-refractivity contribution in [3.63, 3.8) is 0 Å². The number of sulfonamides is 2. The van der Waals surface area contributed by atoms with Crippen molar-refractivity contribution in [2.45, 2.75) is 9.79 Å². The maximum atomic E-state index is 12.9. The van der Waals surface area contributed by atoms with Gasteiger partial charge in [-0.2, -0.15) is 8.61 Å². The summed E-state index contributed by atoms with van der Waals surface area (Å²) < 4.78 is 64.2. The number of carbonyl (C=O) groups excluding carboxylic acids is 2. The van der Waals surface area contributed by atoms with E-state index in [-0.39, 0.29) is 43.3 Å². The Kier molecular flexibility index (Phi) is 12.3. The highest BCUT2D eigenvalue weighted by Gasteiger charge is 2.27. The maximum absolute atomic E-state index is 12.9. The fourth-order valence-corrected chi connectivity index (χ4v) is 7.41. The van der Waals surface area contributed by atoms with E-state index >= 15 is 0 Å². The molecular weight excluding hydrogens is 696 g/mol. The molecule has 0 spiro atoms. The minimum absolute atomic E-state index is 0.0385. The van der Waals surface area contributed by atoms with Crippen molar-refractivity contribution in [3.8, 4) is 11.5 Å². The second-order valence-electron chi connectivity index (χ2n) is 9.22. The van der Waals surface area contributed by atoms with Gasteiger partial charge in [-0.05, 0) is 96.4 Å². The summed E-state index contributed by atoms with van der Waals surface area (Å²) in [5.41, 5.74) is 0. The molecule has 12 nitrogen and oxygen atoms in total. The van der Waals surface area contributed by atoms with Crippen molar-refractivity contribution in [2.75, 3.05) is 68.5 Å². The topological polar surface area (TPSA) is 134 Å². The van der Waals surface area contributed by atoms with Gasteiger partial charge in [0.2, 0.25) is 20.0 Å². The Morgan fingerprint density at radius 2 is 0.950 bits per heavy atom. The van der Waals surface area contributed by atoms with Gasteiger partial charge in [-0.25, -0.2) is 26.4 Å². The Morgan fingerprint density at radius 1 is 0.625 bits per heavy atom. The lowest BCUT2D eigenvalue weighted by molar-refractivity contribution is -0.156. The molecule has 0 aromatic heterocycles. The molecule has 0 aliphatic heterocycles. The van der Waals surface area contributed by atoms with Gasteiger partial charge in [-0.3, -0.25) is 0 Å². The summed E-state index contributed by atoms with van der Waals surface area (Å²) in [6.07, 6.45) is 0. The molecule has 0 unspecified atom stereocenters. The first-order valence-corrected chi connectivity index (χ1v) is 16.2.